The van der Waals surface area contributed by atoms with Crippen LogP contribution in [0.15, 0.2) is 40.5 Å². The number of rotatable bonds is 4. The Hall–Kier alpha value is -1.45. The van der Waals surface area contributed by atoms with Gasteiger partial charge in [-0.05, 0) is 38.5 Å². The van der Waals surface area contributed by atoms with Gasteiger partial charge in [0.1, 0.15) is 29.0 Å². The Bertz CT molecular complexity index is 689. The molecule has 8 heteroatoms. The highest BCUT2D eigenvalue weighted by Gasteiger charge is 2.45. The van der Waals surface area contributed by atoms with Crippen molar-refractivity contribution in [3.8, 4) is 0 Å². The molecule has 0 aliphatic carbocycles. The smallest absolute Gasteiger partial charge is 0.338 e. The van der Waals surface area contributed by atoms with Crippen LogP contribution in [0.5, 0.6) is 0 Å². The maximum atomic E-state index is 12.4. The second-order valence-corrected chi connectivity index (χ2v) is 7.19. The summed E-state index contributed by atoms with van der Waals surface area (Å²) in [7, 11) is -4.13. The van der Waals surface area contributed by atoms with E-state index in [1.165, 1.54) is 12.1 Å². The monoisotopic (exact) mass is 344 g/mol. The molecule has 0 saturated carbocycles. The van der Waals surface area contributed by atoms with Gasteiger partial charge in [-0.15, -0.1) is 0 Å². The summed E-state index contributed by atoms with van der Waals surface area (Å²) in [6.45, 7) is 4.98. The lowest BCUT2D eigenvalue weighted by Crippen LogP contribution is -2.34. The van der Waals surface area contributed by atoms with Gasteiger partial charge in [0.2, 0.25) is 0 Å². The van der Waals surface area contributed by atoms with Crippen molar-refractivity contribution in [3.05, 3.63) is 41.2 Å². The number of hydrogen-bond acceptors (Lipinski definition) is 7. The number of aryl methyl sites for hydroxylation is 1. The third kappa shape index (κ3) is 3.73. The van der Waals surface area contributed by atoms with Gasteiger partial charge in [0.05, 0.1) is 0 Å². The molecule has 2 rings (SSSR count). The van der Waals surface area contributed by atoms with Gasteiger partial charge in [0.25, 0.3) is 0 Å². The molecule has 0 bridgehead atoms. The lowest BCUT2D eigenvalue weighted by Gasteiger charge is -2.20. The Morgan fingerprint density at radius 2 is 1.65 bits per heavy atom. The molecule has 7 nitrogen and oxygen atoms in total. The Morgan fingerprint density at radius 1 is 1.09 bits per heavy atom. The van der Waals surface area contributed by atoms with Crippen molar-refractivity contribution in [1.82, 2.24) is 0 Å². The minimum atomic E-state index is -4.13. The third-order valence-electron chi connectivity index (χ3n) is 3.50. The molecule has 1 aromatic carbocycles. The maximum absolute atomic E-state index is 12.4. The summed E-state index contributed by atoms with van der Waals surface area (Å²) in [5, 5.41) is 28.9. The van der Waals surface area contributed by atoms with Crippen LogP contribution in [-0.2, 0) is 19.0 Å². The number of hydrogen-bond donors (Lipinski definition) is 3. The summed E-state index contributed by atoms with van der Waals surface area (Å²) in [6.07, 6.45) is -5.93. The zero-order chi connectivity index (χ0) is 17.4. The Kier molecular flexibility index (Phi) is 5.12. The highest BCUT2D eigenvalue weighted by atomic mass is 32.2. The zero-order valence-electron chi connectivity index (χ0n) is 13.0. The fraction of sp³-hybridized carbons (Fsp3) is 0.467. The predicted molar refractivity (Wildman–Crippen MR) is 80.7 cm³/mol. The van der Waals surface area contributed by atoms with Gasteiger partial charge in [-0.25, -0.2) is 0 Å². The molecule has 23 heavy (non-hydrogen) atoms. The Morgan fingerprint density at radius 3 is 2.09 bits per heavy atom. The van der Waals surface area contributed by atoms with E-state index in [4.69, 9.17) is 8.92 Å². The SMILES string of the molecule is CC(C)=C(OS(=O)(=O)c1ccc(C)cc1)[C@H]1O[C@@H](O)[C@H](O)[C@@H]1O. The lowest BCUT2D eigenvalue weighted by atomic mass is 10.1. The molecule has 0 spiro atoms. The first-order valence-corrected chi connectivity index (χ1v) is 8.42. The summed E-state index contributed by atoms with van der Waals surface area (Å²) < 4.78 is 34.9. The first kappa shape index (κ1) is 17.9. The molecular weight excluding hydrogens is 324 g/mol. The van der Waals surface area contributed by atoms with E-state index in [0.29, 0.717) is 5.57 Å². The maximum Gasteiger partial charge on any atom is 0.338 e. The largest absolute Gasteiger partial charge is 0.387 e. The van der Waals surface area contributed by atoms with Gasteiger partial charge in [0, 0.05) is 0 Å². The Balaban J connectivity index is 2.31. The van der Waals surface area contributed by atoms with E-state index in [0.717, 1.165) is 5.56 Å². The summed E-state index contributed by atoms with van der Waals surface area (Å²) in [6, 6.07) is 6.07. The zero-order valence-corrected chi connectivity index (χ0v) is 13.8. The second kappa shape index (κ2) is 6.58. The molecular formula is C15H20O7S. The molecule has 128 valence electrons. The fourth-order valence-electron chi connectivity index (χ4n) is 2.16. The molecule has 3 N–H and O–H groups in total. The summed E-state index contributed by atoms with van der Waals surface area (Å²) in [4.78, 5) is -0.0459. The molecule has 1 saturated heterocycles. The van der Waals surface area contributed by atoms with Crippen LogP contribution in [0, 0.1) is 6.92 Å². The highest BCUT2D eigenvalue weighted by molar-refractivity contribution is 7.86. The number of benzene rings is 1. The average Bonchev–Trinajstić information content (AvgIpc) is 2.72. The van der Waals surface area contributed by atoms with E-state index >= 15 is 0 Å². The van der Waals surface area contributed by atoms with Gasteiger partial charge >= 0.3 is 10.1 Å². The van der Waals surface area contributed by atoms with Crippen LogP contribution in [0.4, 0.5) is 0 Å². The Labute approximate surface area is 134 Å². The predicted octanol–water partition coefficient (Wildman–Crippen LogP) is 0.433. The molecule has 0 amide bonds. The van der Waals surface area contributed by atoms with Crippen molar-refractivity contribution in [2.45, 2.75) is 50.3 Å². The van der Waals surface area contributed by atoms with Crippen LogP contribution in [-0.4, -0.2) is 48.3 Å². The average molecular weight is 344 g/mol. The highest BCUT2D eigenvalue weighted by Crippen LogP contribution is 2.30. The minimum Gasteiger partial charge on any atom is -0.387 e. The van der Waals surface area contributed by atoms with Gasteiger partial charge < -0.3 is 24.2 Å². The minimum absolute atomic E-state index is 0.0459. The molecule has 4 atom stereocenters. The van der Waals surface area contributed by atoms with Crippen LogP contribution < -0.4 is 0 Å². The molecule has 0 unspecified atom stereocenters. The summed E-state index contributed by atoms with van der Waals surface area (Å²) >= 11 is 0. The molecule has 1 aliphatic rings. The normalized spacial score (nSPS) is 27.7. The number of aliphatic hydroxyl groups excluding tert-OH is 3. The van der Waals surface area contributed by atoms with Crippen molar-refractivity contribution in [2.24, 2.45) is 0 Å². The molecule has 1 fully saturated rings. The molecule has 1 heterocycles. The molecule has 0 aromatic heterocycles. The van der Waals surface area contributed by atoms with Crippen LogP contribution in [0.2, 0.25) is 0 Å². The topological polar surface area (TPSA) is 113 Å². The van der Waals surface area contributed by atoms with Crippen LogP contribution in [0.25, 0.3) is 0 Å². The van der Waals surface area contributed by atoms with E-state index in [1.807, 2.05) is 6.92 Å². The van der Waals surface area contributed by atoms with E-state index < -0.39 is 34.7 Å². The fourth-order valence-corrected chi connectivity index (χ4v) is 3.23. The van der Waals surface area contributed by atoms with Gasteiger partial charge in [-0.2, -0.15) is 8.42 Å². The lowest BCUT2D eigenvalue weighted by molar-refractivity contribution is -0.125. The third-order valence-corrected chi connectivity index (χ3v) is 4.75. The number of aliphatic hydroxyl groups is 3. The van der Waals surface area contributed by atoms with Crippen molar-refractivity contribution in [1.29, 1.82) is 0 Å². The van der Waals surface area contributed by atoms with Crippen molar-refractivity contribution >= 4 is 10.1 Å². The first-order valence-electron chi connectivity index (χ1n) is 7.01. The quantitative estimate of drug-likeness (QED) is 0.536. The number of ether oxygens (including phenoxy) is 1. The van der Waals surface area contributed by atoms with Crippen molar-refractivity contribution in [3.63, 3.8) is 0 Å². The van der Waals surface area contributed by atoms with Crippen LogP contribution in [0.1, 0.15) is 19.4 Å². The molecule has 1 aliphatic heterocycles. The van der Waals surface area contributed by atoms with Gasteiger partial charge in [-0.3, -0.25) is 0 Å². The van der Waals surface area contributed by atoms with Crippen LogP contribution in [0.3, 0.4) is 0 Å². The van der Waals surface area contributed by atoms with Gasteiger partial charge in [-0.1, -0.05) is 17.7 Å². The van der Waals surface area contributed by atoms with E-state index in [9.17, 15) is 23.7 Å². The van der Waals surface area contributed by atoms with E-state index in [2.05, 4.69) is 0 Å². The first-order chi connectivity index (χ1) is 10.6. The number of allylic oxidation sites excluding steroid dienone is 1. The summed E-state index contributed by atoms with van der Waals surface area (Å²) in [5.74, 6) is -0.159. The van der Waals surface area contributed by atoms with Crippen molar-refractivity contribution in [2.75, 3.05) is 0 Å². The molecule has 0 radical (unpaired) electrons. The summed E-state index contributed by atoms with van der Waals surface area (Å²) in [5.41, 5.74) is 1.33. The van der Waals surface area contributed by atoms with E-state index in [1.54, 1.807) is 26.0 Å². The second-order valence-electron chi connectivity index (χ2n) is 5.64. The van der Waals surface area contributed by atoms with Gasteiger partial charge in [0.15, 0.2) is 6.29 Å². The van der Waals surface area contributed by atoms with Crippen molar-refractivity contribution < 1.29 is 32.7 Å². The van der Waals surface area contributed by atoms with Crippen LogP contribution >= 0.6 is 0 Å². The van der Waals surface area contributed by atoms with E-state index in [-0.39, 0.29) is 10.7 Å². The molecule has 1 aromatic rings. The standard InChI is InChI=1S/C15H20O7S/c1-8(2)13(14-11(16)12(17)15(18)21-14)22-23(19,20)10-6-4-9(3)5-7-10/h4-7,11-12,14-18H,1-3H3/t11-,12+,14-,15+/m0/s1.